The predicted octanol–water partition coefficient (Wildman–Crippen LogP) is 3.23. The molecule has 0 aromatic heterocycles. The molecule has 1 N–H and O–H groups in total. The van der Waals surface area contributed by atoms with Gasteiger partial charge in [0.05, 0.1) is 0 Å². The lowest BCUT2D eigenvalue weighted by Gasteiger charge is -2.05. The highest BCUT2D eigenvalue weighted by atomic mass is 16.4. The molecular weight excluding hydrogens is 164 g/mol. The molecule has 0 radical (unpaired) electrons. The summed E-state index contributed by atoms with van der Waals surface area (Å²) in [4.78, 5) is 10.5. The normalized spacial score (nSPS) is 14.2. The summed E-state index contributed by atoms with van der Waals surface area (Å²) >= 11 is 0. The van der Waals surface area contributed by atoms with Crippen LogP contribution >= 0.6 is 0 Å². The predicted molar refractivity (Wildman–Crippen MR) is 54.7 cm³/mol. The van der Waals surface area contributed by atoms with Crippen LogP contribution < -0.4 is 0 Å². The van der Waals surface area contributed by atoms with Crippen LogP contribution in [0.25, 0.3) is 0 Å². The van der Waals surface area contributed by atoms with Gasteiger partial charge < -0.3 is 5.11 Å². The Morgan fingerprint density at radius 2 is 2.08 bits per heavy atom. The first kappa shape index (κ1) is 12.2. The van der Waals surface area contributed by atoms with Gasteiger partial charge in [0.2, 0.25) is 0 Å². The summed E-state index contributed by atoms with van der Waals surface area (Å²) in [6.45, 7) is 5.89. The lowest BCUT2D eigenvalue weighted by atomic mass is 10.0. The van der Waals surface area contributed by atoms with Gasteiger partial charge in [-0.05, 0) is 19.3 Å². The maximum atomic E-state index is 10.5. The fourth-order valence-corrected chi connectivity index (χ4v) is 1.30. The van der Waals surface area contributed by atoms with Crippen molar-refractivity contribution in [3.63, 3.8) is 0 Å². The van der Waals surface area contributed by atoms with Gasteiger partial charge in [0.25, 0.3) is 0 Å². The highest BCUT2D eigenvalue weighted by Gasteiger charge is 2.03. The number of rotatable bonds is 6. The molecule has 0 aliphatic carbocycles. The molecule has 0 unspecified atom stereocenters. The molecule has 0 amide bonds. The summed E-state index contributed by atoms with van der Waals surface area (Å²) in [7, 11) is 0. The number of aliphatic carboxylic acids is 1. The van der Waals surface area contributed by atoms with Crippen LogP contribution in [0.3, 0.4) is 0 Å². The van der Waals surface area contributed by atoms with Gasteiger partial charge >= 0.3 is 5.97 Å². The Bertz CT molecular complexity index is 183. The second kappa shape index (κ2) is 6.70. The molecule has 0 saturated heterocycles. The Morgan fingerprint density at radius 1 is 1.46 bits per heavy atom. The number of hydrogen-bond donors (Lipinski definition) is 1. The Labute approximate surface area is 80.7 Å². The van der Waals surface area contributed by atoms with E-state index in [2.05, 4.69) is 13.8 Å². The van der Waals surface area contributed by atoms with Gasteiger partial charge in [-0.15, -0.1) is 0 Å². The van der Waals surface area contributed by atoms with Crippen molar-refractivity contribution in [2.45, 2.75) is 46.5 Å². The molecule has 76 valence electrons. The van der Waals surface area contributed by atoms with Gasteiger partial charge in [-0.25, -0.2) is 4.79 Å². The van der Waals surface area contributed by atoms with E-state index < -0.39 is 5.97 Å². The van der Waals surface area contributed by atoms with Gasteiger partial charge in [-0.3, -0.25) is 0 Å². The van der Waals surface area contributed by atoms with Crippen molar-refractivity contribution in [3.05, 3.63) is 11.6 Å². The van der Waals surface area contributed by atoms with E-state index in [1.165, 1.54) is 19.3 Å². The smallest absolute Gasteiger partial charge is 0.330 e. The molecule has 0 heterocycles. The van der Waals surface area contributed by atoms with E-state index >= 15 is 0 Å². The SMILES string of the molecule is CCCCC[C@@H](C)/C=C(\C)C(=O)O. The number of carboxylic acid groups (broad SMARTS) is 1. The van der Waals surface area contributed by atoms with Crippen LogP contribution in [0.1, 0.15) is 46.5 Å². The highest BCUT2D eigenvalue weighted by molar-refractivity contribution is 5.85. The number of carbonyl (C=O) groups is 1. The summed E-state index contributed by atoms with van der Waals surface area (Å²) in [5.74, 6) is -0.412. The van der Waals surface area contributed by atoms with Gasteiger partial charge in [-0.1, -0.05) is 39.2 Å². The molecule has 0 bridgehead atoms. The molecule has 0 rings (SSSR count). The minimum Gasteiger partial charge on any atom is -0.478 e. The third-order valence-electron chi connectivity index (χ3n) is 2.13. The largest absolute Gasteiger partial charge is 0.478 e. The van der Waals surface area contributed by atoms with Crippen LogP contribution in [-0.2, 0) is 4.79 Å². The quantitative estimate of drug-likeness (QED) is 0.508. The zero-order valence-electron chi connectivity index (χ0n) is 8.84. The van der Waals surface area contributed by atoms with E-state index in [4.69, 9.17) is 5.11 Å². The fourth-order valence-electron chi connectivity index (χ4n) is 1.30. The van der Waals surface area contributed by atoms with Gasteiger partial charge in [-0.2, -0.15) is 0 Å². The van der Waals surface area contributed by atoms with E-state index in [1.807, 2.05) is 6.08 Å². The van der Waals surface area contributed by atoms with Crippen molar-refractivity contribution in [1.29, 1.82) is 0 Å². The first-order valence-corrected chi connectivity index (χ1v) is 4.99. The van der Waals surface area contributed by atoms with Gasteiger partial charge in [0, 0.05) is 5.57 Å². The van der Waals surface area contributed by atoms with E-state index in [-0.39, 0.29) is 0 Å². The maximum Gasteiger partial charge on any atom is 0.330 e. The topological polar surface area (TPSA) is 37.3 Å². The number of allylic oxidation sites excluding steroid dienone is 1. The molecule has 0 fully saturated rings. The highest BCUT2D eigenvalue weighted by Crippen LogP contribution is 2.12. The van der Waals surface area contributed by atoms with Crippen LogP contribution in [-0.4, -0.2) is 11.1 Å². The molecule has 13 heavy (non-hydrogen) atoms. The summed E-state index contributed by atoms with van der Waals surface area (Å²) in [6.07, 6.45) is 6.59. The molecular formula is C11H20O2. The lowest BCUT2D eigenvalue weighted by molar-refractivity contribution is -0.132. The molecule has 2 nitrogen and oxygen atoms in total. The van der Waals surface area contributed by atoms with Crippen LogP contribution in [0.15, 0.2) is 11.6 Å². The zero-order valence-corrected chi connectivity index (χ0v) is 8.84. The van der Waals surface area contributed by atoms with Crippen LogP contribution in [0.2, 0.25) is 0 Å². The minimum atomic E-state index is -0.803. The van der Waals surface area contributed by atoms with Gasteiger partial charge in [0.15, 0.2) is 0 Å². The van der Waals surface area contributed by atoms with Crippen molar-refractivity contribution < 1.29 is 9.90 Å². The van der Waals surface area contributed by atoms with E-state index in [0.29, 0.717) is 11.5 Å². The molecule has 0 aliphatic rings. The molecule has 0 aromatic rings. The van der Waals surface area contributed by atoms with Crippen LogP contribution in [0, 0.1) is 5.92 Å². The van der Waals surface area contributed by atoms with Gasteiger partial charge in [0.1, 0.15) is 0 Å². The third kappa shape index (κ3) is 6.38. The standard InChI is InChI=1S/C11H20O2/c1-4-5-6-7-9(2)8-10(3)11(12)13/h8-9H,4-7H2,1-3H3,(H,12,13)/b10-8+/t9-/m1/s1. The molecule has 2 heteroatoms. The summed E-state index contributed by atoms with van der Waals surface area (Å²) in [5, 5.41) is 8.63. The van der Waals surface area contributed by atoms with E-state index in [0.717, 1.165) is 6.42 Å². The number of carboxylic acids is 1. The Hall–Kier alpha value is -0.790. The number of hydrogen-bond acceptors (Lipinski definition) is 1. The van der Waals surface area contributed by atoms with Crippen molar-refractivity contribution in [2.75, 3.05) is 0 Å². The van der Waals surface area contributed by atoms with Crippen LogP contribution in [0.4, 0.5) is 0 Å². The fraction of sp³-hybridized carbons (Fsp3) is 0.727. The summed E-state index contributed by atoms with van der Waals surface area (Å²) < 4.78 is 0. The van der Waals surface area contributed by atoms with Crippen LogP contribution in [0.5, 0.6) is 0 Å². The van der Waals surface area contributed by atoms with Crippen molar-refractivity contribution in [2.24, 2.45) is 5.92 Å². The third-order valence-corrected chi connectivity index (χ3v) is 2.13. The zero-order chi connectivity index (χ0) is 10.3. The second-order valence-corrected chi connectivity index (χ2v) is 3.63. The van der Waals surface area contributed by atoms with E-state index in [9.17, 15) is 4.79 Å². The summed E-state index contributed by atoms with van der Waals surface area (Å²) in [6, 6.07) is 0. The molecule has 1 atom stereocenters. The maximum absolute atomic E-state index is 10.5. The molecule has 0 aromatic carbocycles. The van der Waals surface area contributed by atoms with Crippen molar-refractivity contribution >= 4 is 5.97 Å². The molecule has 0 spiro atoms. The lowest BCUT2D eigenvalue weighted by Crippen LogP contribution is -1.99. The molecule has 0 saturated carbocycles. The van der Waals surface area contributed by atoms with E-state index in [1.54, 1.807) is 6.92 Å². The Morgan fingerprint density at radius 3 is 2.54 bits per heavy atom. The first-order valence-electron chi connectivity index (χ1n) is 4.99. The summed E-state index contributed by atoms with van der Waals surface area (Å²) in [5.41, 5.74) is 0.462. The second-order valence-electron chi connectivity index (χ2n) is 3.63. The Balaban J connectivity index is 3.78. The Kier molecular flexibility index (Phi) is 6.29. The first-order chi connectivity index (χ1) is 6.07. The molecule has 0 aliphatic heterocycles. The minimum absolute atomic E-state index is 0.391. The van der Waals surface area contributed by atoms with Crippen molar-refractivity contribution in [1.82, 2.24) is 0 Å². The van der Waals surface area contributed by atoms with Crippen molar-refractivity contribution in [3.8, 4) is 0 Å². The monoisotopic (exact) mass is 184 g/mol. The average Bonchev–Trinajstić information content (AvgIpc) is 2.04. The number of unbranched alkanes of at least 4 members (excludes halogenated alkanes) is 2. The average molecular weight is 184 g/mol.